The zero-order valence-electron chi connectivity index (χ0n) is 18.7. The molecule has 3 heteroatoms. The molecule has 0 spiro atoms. The maximum absolute atomic E-state index is 9.17. The van der Waals surface area contributed by atoms with Gasteiger partial charge >= 0.3 is 0 Å². The van der Waals surface area contributed by atoms with Crippen molar-refractivity contribution in [1.29, 1.82) is 5.26 Å². The zero-order valence-corrected chi connectivity index (χ0v) is 12.7. The summed E-state index contributed by atoms with van der Waals surface area (Å²) in [5.41, 5.74) is 2.50. The van der Waals surface area contributed by atoms with E-state index in [4.69, 9.17) is 18.2 Å². The average molecular weight is 312 g/mol. The Morgan fingerprint density at radius 2 is 2.09 bits per heavy atom. The lowest BCUT2D eigenvalue weighted by Crippen LogP contribution is -2.28. The third-order valence-corrected chi connectivity index (χ3v) is 4.29. The van der Waals surface area contributed by atoms with Crippen molar-refractivity contribution in [2.24, 2.45) is 0 Å². The summed E-state index contributed by atoms with van der Waals surface area (Å²) < 4.78 is 51.5. The molecule has 0 radical (unpaired) electrons. The molecular weight excluding hydrogens is 284 g/mol. The van der Waals surface area contributed by atoms with Crippen LogP contribution < -0.4 is 0 Å². The van der Waals surface area contributed by atoms with Gasteiger partial charge in [0.25, 0.3) is 0 Å². The van der Waals surface area contributed by atoms with Gasteiger partial charge in [-0.25, -0.2) is 0 Å². The van der Waals surface area contributed by atoms with Crippen molar-refractivity contribution in [1.82, 2.24) is 4.90 Å². The lowest BCUT2D eigenvalue weighted by Gasteiger charge is -2.31. The highest BCUT2D eigenvalue weighted by Crippen LogP contribution is 2.45. The van der Waals surface area contributed by atoms with Crippen LogP contribution in [0.2, 0.25) is 0 Å². The smallest absolute Gasteiger partial charge is 0.119 e. The van der Waals surface area contributed by atoms with Crippen molar-refractivity contribution < 1.29 is 13.0 Å². The molecule has 2 aromatic rings. The molecule has 0 unspecified atom stereocenters. The van der Waals surface area contributed by atoms with Crippen LogP contribution in [-0.2, 0) is 16.9 Å². The highest BCUT2D eigenvalue weighted by Gasteiger charge is 2.41. The quantitative estimate of drug-likeness (QED) is 0.845. The van der Waals surface area contributed by atoms with Gasteiger partial charge in [-0.05, 0) is 62.2 Å². The number of nitriles is 1. The molecule has 1 aliphatic heterocycles. The van der Waals surface area contributed by atoms with Crippen molar-refractivity contribution in [3.05, 3.63) is 70.8 Å². The van der Waals surface area contributed by atoms with Crippen molar-refractivity contribution in [3.8, 4) is 6.07 Å². The fraction of sp³-hybridized carbons (Fsp3) is 0.350. The van der Waals surface area contributed by atoms with E-state index in [9.17, 15) is 0 Å². The lowest BCUT2D eigenvalue weighted by molar-refractivity contribution is -0.0139. The van der Waals surface area contributed by atoms with E-state index in [0.29, 0.717) is 29.9 Å². The number of hydrogen-bond acceptors (Lipinski definition) is 3. The number of nitrogens with zero attached hydrogens (tertiary/aromatic N) is 2. The molecule has 2 aromatic carbocycles. The van der Waals surface area contributed by atoms with E-state index in [0.717, 1.165) is 16.7 Å². The van der Waals surface area contributed by atoms with Crippen LogP contribution in [0, 0.1) is 11.3 Å². The second kappa shape index (κ2) is 6.54. The van der Waals surface area contributed by atoms with Gasteiger partial charge in [0.05, 0.1) is 18.2 Å². The fourth-order valence-electron chi connectivity index (χ4n) is 3.24. The zero-order chi connectivity index (χ0) is 21.3. The molecule has 0 N–H and O–H groups in total. The third-order valence-electron chi connectivity index (χ3n) is 4.29. The molecule has 0 bridgehead atoms. The average Bonchev–Trinajstić information content (AvgIpc) is 3.03. The van der Waals surface area contributed by atoms with Gasteiger partial charge in [0, 0.05) is 8.22 Å². The molecule has 1 atom stereocenters. The van der Waals surface area contributed by atoms with E-state index < -0.39 is 19.6 Å². The summed E-state index contributed by atoms with van der Waals surface area (Å²) in [5.74, 6) is 0. The first-order chi connectivity index (χ1) is 13.6. The summed E-state index contributed by atoms with van der Waals surface area (Å²) in [6.07, 6.45) is 0.726. The van der Waals surface area contributed by atoms with Crippen LogP contribution in [0.25, 0.3) is 0 Å². The highest BCUT2D eigenvalue weighted by atomic mass is 16.5. The molecule has 0 saturated carbocycles. The number of fused-ring (bicyclic) bond motifs is 1. The molecule has 0 amide bonds. The molecule has 23 heavy (non-hydrogen) atoms. The van der Waals surface area contributed by atoms with Crippen LogP contribution in [0.3, 0.4) is 0 Å². The summed E-state index contributed by atoms with van der Waals surface area (Å²) >= 11 is 0. The predicted octanol–water partition coefficient (Wildman–Crippen LogP) is 3.67. The second-order valence-corrected chi connectivity index (χ2v) is 5.72. The molecule has 1 heterocycles. The van der Waals surface area contributed by atoms with Gasteiger partial charge in [0.15, 0.2) is 0 Å². The Balaban J connectivity index is 1.92. The Morgan fingerprint density at radius 1 is 1.26 bits per heavy atom. The van der Waals surface area contributed by atoms with Gasteiger partial charge in [-0.3, -0.25) is 0 Å². The van der Waals surface area contributed by atoms with E-state index in [1.54, 1.807) is 12.1 Å². The summed E-state index contributed by atoms with van der Waals surface area (Å²) in [5, 5.41) is 9.17. The first-order valence-electron chi connectivity index (χ1n) is 10.6. The van der Waals surface area contributed by atoms with Crippen molar-refractivity contribution in [3.63, 3.8) is 0 Å². The van der Waals surface area contributed by atoms with Crippen molar-refractivity contribution in [2.75, 3.05) is 20.5 Å². The second-order valence-electron chi connectivity index (χ2n) is 5.72. The Morgan fingerprint density at radius 3 is 2.83 bits per heavy atom. The van der Waals surface area contributed by atoms with Crippen LogP contribution in [0.1, 0.15) is 43.3 Å². The summed E-state index contributed by atoms with van der Waals surface area (Å²) in [4.78, 5) is 0.577. The van der Waals surface area contributed by atoms with Crippen molar-refractivity contribution in [2.45, 2.75) is 25.0 Å². The number of hydrogen-bond donors (Lipinski definition) is 0. The van der Waals surface area contributed by atoms with Crippen LogP contribution in [0.4, 0.5) is 0 Å². The van der Waals surface area contributed by atoms with E-state index >= 15 is 0 Å². The molecule has 118 valence electrons. The van der Waals surface area contributed by atoms with Gasteiger partial charge in [0.1, 0.15) is 5.60 Å². The number of ether oxygens (including phenoxy) is 1. The number of benzene rings is 2. The summed E-state index contributed by atoms with van der Waals surface area (Å²) in [6.45, 7) is -5.19. The minimum Gasteiger partial charge on any atom is -0.361 e. The molecule has 0 fully saturated rings. The first-order valence-corrected chi connectivity index (χ1v) is 7.59. The van der Waals surface area contributed by atoms with Crippen LogP contribution >= 0.6 is 0 Å². The van der Waals surface area contributed by atoms with Gasteiger partial charge in [-0.2, -0.15) is 5.26 Å². The minimum atomic E-state index is -2.71. The molecule has 3 rings (SSSR count). The first kappa shape index (κ1) is 9.87. The van der Waals surface area contributed by atoms with Crippen LogP contribution in [0.5, 0.6) is 0 Å². The third kappa shape index (κ3) is 3.01. The molecule has 0 aromatic heterocycles. The number of rotatable bonds is 5. The van der Waals surface area contributed by atoms with E-state index in [1.165, 1.54) is 0 Å². The Labute approximate surface area is 146 Å². The molecular formula is C20H22N2O. The summed E-state index contributed by atoms with van der Waals surface area (Å²) in [7, 11) is 0. The fourth-order valence-corrected chi connectivity index (χ4v) is 3.24. The van der Waals surface area contributed by atoms with Crippen molar-refractivity contribution >= 4 is 0 Å². The standard InChI is InChI=1S/C20H22N2O/c1-22(2)12-6-11-20(18-7-4-3-5-8-18)19-10-9-16(14-21)13-17(19)15-23-20/h3-5,7-10,13H,6,11-12,15H2,1-2H3/t20-/m0/s1/i1D3,2D3. The molecule has 1 aliphatic rings. The van der Waals surface area contributed by atoms with Crippen LogP contribution in [-0.4, -0.2) is 25.4 Å². The molecule has 0 aliphatic carbocycles. The monoisotopic (exact) mass is 312 g/mol. The van der Waals surface area contributed by atoms with Crippen LogP contribution in [0.15, 0.2) is 48.5 Å². The van der Waals surface area contributed by atoms with Gasteiger partial charge < -0.3 is 9.64 Å². The highest BCUT2D eigenvalue weighted by molar-refractivity contribution is 5.47. The van der Waals surface area contributed by atoms with E-state index in [2.05, 4.69) is 6.07 Å². The SMILES string of the molecule is [2H]C([2H])([2H])N(CCC[C@@]1(c2ccccc2)OCc2cc(C#N)ccc21)C([2H])([2H])[2H]. The maximum Gasteiger partial charge on any atom is 0.119 e. The molecule has 0 saturated heterocycles. The minimum absolute atomic E-state index is 0.115. The van der Waals surface area contributed by atoms with Gasteiger partial charge in [0.2, 0.25) is 0 Å². The topological polar surface area (TPSA) is 36.3 Å². The van der Waals surface area contributed by atoms with Gasteiger partial charge in [-0.1, -0.05) is 36.4 Å². The lowest BCUT2D eigenvalue weighted by atomic mass is 9.81. The van der Waals surface area contributed by atoms with Gasteiger partial charge in [-0.15, -0.1) is 0 Å². The molecule has 3 nitrogen and oxygen atoms in total. The normalized spacial score (nSPS) is 24.5. The Hall–Kier alpha value is -2.15. The summed E-state index contributed by atoms with van der Waals surface area (Å²) in [6, 6.07) is 17.1. The van der Waals surface area contributed by atoms with E-state index in [-0.39, 0.29) is 6.54 Å². The Kier molecular flexibility index (Phi) is 2.80. The largest absolute Gasteiger partial charge is 0.361 e. The maximum atomic E-state index is 9.17. The Bertz CT molecular complexity index is 890. The van der Waals surface area contributed by atoms with E-state index in [1.807, 2.05) is 36.4 Å². The predicted molar refractivity (Wildman–Crippen MR) is 91.0 cm³/mol.